The van der Waals surface area contributed by atoms with Crippen molar-refractivity contribution in [3.05, 3.63) is 48.1 Å². The van der Waals surface area contributed by atoms with Crippen LogP contribution in [0.4, 0.5) is 0 Å². The summed E-state index contributed by atoms with van der Waals surface area (Å²) in [6, 6.07) is 3.73. The molecule has 146 valence electrons. The van der Waals surface area contributed by atoms with Crippen LogP contribution in [0.25, 0.3) is 11.3 Å². The summed E-state index contributed by atoms with van der Waals surface area (Å²) >= 11 is 0. The van der Waals surface area contributed by atoms with Gasteiger partial charge in [0, 0.05) is 18.4 Å². The van der Waals surface area contributed by atoms with Crippen LogP contribution in [0.5, 0.6) is 0 Å². The van der Waals surface area contributed by atoms with E-state index >= 15 is 0 Å². The molecule has 1 aliphatic heterocycles. The zero-order valence-corrected chi connectivity index (χ0v) is 15.6. The Balaban J connectivity index is 1.41. The molecule has 0 aliphatic carbocycles. The SMILES string of the molecule is CCOC(=O)c1coc(Cc2ccc(-c3cnn(C4CCCCO4)c3)nn2)n1. The lowest BCUT2D eigenvalue weighted by Gasteiger charge is -2.22. The number of carbonyl (C=O) groups excluding carboxylic acids is 1. The molecule has 3 aromatic heterocycles. The third-order valence-corrected chi connectivity index (χ3v) is 4.44. The number of oxazole rings is 1. The van der Waals surface area contributed by atoms with Gasteiger partial charge in [-0.3, -0.25) is 0 Å². The van der Waals surface area contributed by atoms with Crippen molar-refractivity contribution in [3.63, 3.8) is 0 Å². The summed E-state index contributed by atoms with van der Waals surface area (Å²) < 4.78 is 17.8. The fourth-order valence-electron chi connectivity index (χ4n) is 3.01. The smallest absolute Gasteiger partial charge is 0.360 e. The van der Waals surface area contributed by atoms with Gasteiger partial charge in [-0.25, -0.2) is 14.5 Å². The predicted octanol–water partition coefficient (Wildman–Crippen LogP) is 2.79. The summed E-state index contributed by atoms with van der Waals surface area (Å²) in [4.78, 5) is 15.8. The van der Waals surface area contributed by atoms with E-state index in [1.165, 1.54) is 6.26 Å². The minimum absolute atomic E-state index is 0.00615. The maximum Gasteiger partial charge on any atom is 0.360 e. The molecule has 1 atom stereocenters. The molecule has 0 aromatic carbocycles. The number of nitrogens with zero attached hydrogens (tertiary/aromatic N) is 5. The molecule has 1 saturated heterocycles. The molecule has 0 radical (unpaired) electrons. The number of esters is 1. The van der Waals surface area contributed by atoms with Gasteiger partial charge in [0.2, 0.25) is 5.89 Å². The molecule has 3 aromatic rings. The fraction of sp³-hybridized carbons (Fsp3) is 0.421. The summed E-state index contributed by atoms with van der Waals surface area (Å²) in [6.07, 6.45) is 8.53. The van der Waals surface area contributed by atoms with E-state index in [0.717, 1.165) is 37.1 Å². The van der Waals surface area contributed by atoms with Crippen molar-refractivity contribution in [2.24, 2.45) is 0 Å². The van der Waals surface area contributed by atoms with Gasteiger partial charge in [0.05, 0.1) is 30.6 Å². The third kappa shape index (κ3) is 4.09. The van der Waals surface area contributed by atoms with Crippen LogP contribution in [-0.2, 0) is 15.9 Å². The van der Waals surface area contributed by atoms with Crippen molar-refractivity contribution in [2.45, 2.75) is 38.8 Å². The molecule has 4 heterocycles. The monoisotopic (exact) mass is 383 g/mol. The van der Waals surface area contributed by atoms with Gasteiger partial charge in [0.25, 0.3) is 0 Å². The molecule has 0 N–H and O–H groups in total. The van der Waals surface area contributed by atoms with Crippen molar-refractivity contribution in [2.75, 3.05) is 13.2 Å². The van der Waals surface area contributed by atoms with Gasteiger partial charge in [-0.1, -0.05) is 0 Å². The van der Waals surface area contributed by atoms with Gasteiger partial charge >= 0.3 is 5.97 Å². The average Bonchev–Trinajstić information content (AvgIpc) is 3.40. The fourth-order valence-corrected chi connectivity index (χ4v) is 3.01. The van der Waals surface area contributed by atoms with E-state index < -0.39 is 5.97 Å². The molecular weight excluding hydrogens is 362 g/mol. The van der Waals surface area contributed by atoms with Crippen molar-refractivity contribution in [3.8, 4) is 11.3 Å². The van der Waals surface area contributed by atoms with Gasteiger partial charge < -0.3 is 13.9 Å². The number of rotatable bonds is 6. The van der Waals surface area contributed by atoms with Gasteiger partial charge in [-0.15, -0.1) is 0 Å². The zero-order valence-electron chi connectivity index (χ0n) is 15.6. The summed E-state index contributed by atoms with van der Waals surface area (Å²) in [5, 5.41) is 12.9. The quantitative estimate of drug-likeness (QED) is 0.598. The van der Waals surface area contributed by atoms with E-state index in [9.17, 15) is 4.79 Å². The van der Waals surface area contributed by atoms with Crippen LogP contribution in [0.1, 0.15) is 54.5 Å². The molecule has 28 heavy (non-hydrogen) atoms. The minimum atomic E-state index is -0.502. The second-order valence-electron chi connectivity index (χ2n) is 6.46. The van der Waals surface area contributed by atoms with E-state index in [4.69, 9.17) is 13.9 Å². The van der Waals surface area contributed by atoms with Gasteiger partial charge in [-0.2, -0.15) is 15.3 Å². The van der Waals surface area contributed by atoms with Crippen molar-refractivity contribution >= 4 is 5.97 Å². The zero-order chi connectivity index (χ0) is 19.3. The van der Waals surface area contributed by atoms with E-state index in [2.05, 4.69) is 20.3 Å². The summed E-state index contributed by atoms with van der Waals surface area (Å²) in [6.45, 7) is 2.80. The highest BCUT2D eigenvalue weighted by molar-refractivity contribution is 5.86. The molecular formula is C19H21N5O4. The Labute approximate surface area is 161 Å². The number of ether oxygens (including phenoxy) is 2. The van der Waals surface area contributed by atoms with E-state index in [-0.39, 0.29) is 18.5 Å². The Hall–Kier alpha value is -3.07. The molecule has 0 bridgehead atoms. The number of carbonyl (C=O) groups is 1. The molecule has 1 unspecified atom stereocenters. The maximum absolute atomic E-state index is 11.6. The van der Waals surface area contributed by atoms with Gasteiger partial charge in [0.1, 0.15) is 12.5 Å². The first-order chi connectivity index (χ1) is 13.7. The molecule has 1 aliphatic rings. The first-order valence-electron chi connectivity index (χ1n) is 9.33. The summed E-state index contributed by atoms with van der Waals surface area (Å²) in [5.41, 5.74) is 2.45. The second-order valence-corrected chi connectivity index (χ2v) is 6.46. The van der Waals surface area contributed by atoms with E-state index in [0.29, 0.717) is 18.0 Å². The van der Waals surface area contributed by atoms with Gasteiger partial charge in [0.15, 0.2) is 5.69 Å². The van der Waals surface area contributed by atoms with Crippen LogP contribution in [0.2, 0.25) is 0 Å². The van der Waals surface area contributed by atoms with E-state index in [1.807, 2.05) is 23.0 Å². The normalized spacial score (nSPS) is 16.8. The lowest BCUT2D eigenvalue weighted by molar-refractivity contribution is -0.0394. The maximum atomic E-state index is 11.6. The van der Waals surface area contributed by atoms with Gasteiger partial charge in [-0.05, 0) is 38.3 Å². The molecule has 0 spiro atoms. The summed E-state index contributed by atoms with van der Waals surface area (Å²) in [5.74, 6) is -0.120. The molecule has 4 rings (SSSR count). The Morgan fingerprint density at radius 3 is 3.00 bits per heavy atom. The highest BCUT2D eigenvalue weighted by Crippen LogP contribution is 2.24. The van der Waals surface area contributed by atoms with Crippen LogP contribution in [0.3, 0.4) is 0 Å². The van der Waals surface area contributed by atoms with Crippen molar-refractivity contribution in [1.29, 1.82) is 0 Å². The molecule has 0 saturated carbocycles. The molecule has 1 fully saturated rings. The lowest BCUT2D eigenvalue weighted by atomic mass is 10.2. The Kier molecular flexibility index (Phi) is 5.43. The molecule has 0 amide bonds. The first kappa shape index (κ1) is 18.3. The Morgan fingerprint density at radius 1 is 1.32 bits per heavy atom. The summed E-state index contributed by atoms with van der Waals surface area (Å²) in [7, 11) is 0. The highest BCUT2D eigenvalue weighted by atomic mass is 16.5. The molecule has 9 heteroatoms. The Morgan fingerprint density at radius 2 is 2.25 bits per heavy atom. The standard InChI is InChI=1S/C19H21N5O4/c1-2-26-19(25)16-12-28-17(21-16)9-14-6-7-15(23-22-14)13-10-20-24(11-13)18-5-3-4-8-27-18/h6-7,10-12,18H,2-5,8-9H2,1H3. The second kappa shape index (κ2) is 8.30. The van der Waals surface area contributed by atoms with Crippen LogP contribution < -0.4 is 0 Å². The molecule has 9 nitrogen and oxygen atoms in total. The van der Waals surface area contributed by atoms with Crippen LogP contribution in [0, 0.1) is 0 Å². The minimum Gasteiger partial charge on any atom is -0.461 e. The van der Waals surface area contributed by atoms with Crippen molar-refractivity contribution < 1.29 is 18.7 Å². The van der Waals surface area contributed by atoms with Crippen LogP contribution >= 0.6 is 0 Å². The lowest BCUT2D eigenvalue weighted by Crippen LogP contribution is -2.18. The van der Waals surface area contributed by atoms with Crippen LogP contribution in [0.15, 0.2) is 35.2 Å². The number of hydrogen-bond acceptors (Lipinski definition) is 8. The Bertz CT molecular complexity index is 928. The predicted molar refractivity (Wildman–Crippen MR) is 97.4 cm³/mol. The van der Waals surface area contributed by atoms with E-state index in [1.54, 1.807) is 13.1 Å². The topological polar surface area (TPSA) is 105 Å². The number of aromatic nitrogens is 5. The van der Waals surface area contributed by atoms with Crippen molar-refractivity contribution in [1.82, 2.24) is 25.0 Å². The number of hydrogen-bond donors (Lipinski definition) is 0. The largest absolute Gasteiger partial charge is 0.461 e. The first-order valence-corrected chi connectivity index (χ1v) is 9.33. The highest BCUT2D eigenvalue weighted by Gasteiger charge is 2.17. The third-order valence-electron chi connectivity index (χ3n) is 4.44. The van der Waals surface area contributed by atoms with Crippen LogP contribution in [-0.4, -0.2) is 44.1 Å². The average molecular weight is 383 g/mol.